The zero-order chi connectivity index (χ0) is 26.9. The van der Waals surface area contributed by atoms with Crippen molar-refractivity contribution in [1.29, 1.82) is 0 Å². The molecule has 0 amide bonds. The zero-order valence-electron chi connectivity index (χ0n) is 21.0. The third-order valence-electron chi connectivity index (χ3n) is 5.65. The molecule has 4 nitrogen and oxygen atoms in total. The summed E-state index contributed by atoms with van der Waals surface area (Å²) in [5.41, 5.74) is 4.13. The lowest BCUT2D eigenvalue weighted by Crippen LogP contribution is -2.01. The Balaban J connectivity index is 1.66. The van der Waals surface area contributed by atoms with Gasteiger partial charge in [0, 0.05) is 27.4 Å². The molecule has 0 aliphatic heterocycles. The van der Waals surface area contributed by atoms with Crippen molar-refractivity contribution in [3.05, 3.63) is 113 Å². The van der Waals surface area contributed by atoms with Gasteiger partial charge in [0.25, 0.3) is 0 Å². The van der Waals surface area contributed by atoms with E-state index in [0.717, 1.165) is 16.2 Å². The lowest BCUT2D eigenvalue weighted by molar-refractivity contribution is -0.137. The Hall–Kier alpha value is -3.74. The second-order valence-electron chi connectivity index (χ2n) is 8.28. The summed E-state index contributed by atoms with van der Waals surface area (Å²) in [6, 6.07) is 26.3. The lowest BCUT2D eigenvalue weighted by atomic mass is 10.0. The molecule has 0 saturated carbocycles. The van der Waals surface area contributed by atoms with Gasteiger partial charge in [-0.3, -0.25) is 0 Å². The van der Waals surface area contributed by atoms with Crippen LogP contribution in [0.15, 0.2) is 95.9 Å². The summed E-state index contributed by atoms with van der Waals surface area (Å²) in [4.78, 5) is 13.0. The van der Waals surface area contributed by atoms with Crippen LogP contribution in [0, 0.1) is 5.82 Å². The first-order valence-electron chi connectivity index (χ1n) is 12.0. The first-order chi connectivity index (χ1) is 18.5. The number of rotatable bonds is 10. The molecule has 0 radical (unpaired) electrons. The summed E-state index contributed by atoms with van der Waals surface area (Å²) < 4.78 is 26.0. The van der Waals surface area contributed by atoms with Gasteiger partial charge in [0.1, 0.15) is 11.4 Å². The molecule has 0 heterocycles. The van der Waals surface area contributed by atoms with E-state index >= 15 is 4.39 Å². The van der Waals surface area contributed by atoms with Crippen LogP contribution in [0.5, 0.6) is 5.75 Å². The molecule has 0 saturated heterocycles. The normalized spacial score (nSPS) is 10.9. The van der Waals surface area contributed by atoms with E-state index in [9.17, 15) is 4.79 Å². The van der Waals surface area contributed by atoms with Crippen LogP contribution >= 0.6 is 23.4 Å². The number of anilines is 2. The predicted molar refractivity (Wildman–Crippen MR) is 155 cm³/mol. The quantitative estimate of drug-likeness (QED) is 0.122. The van der Waals surface area contributed by atoms with Crippen LogP contribution in [0.3, 0.4) is 0 Å². The van der Waals surface area contributed by atoms with Crippen LogP contribution in [0.1, 0.15) is 18.1 Å². The van der Waals surface area contributed by atoms with Gasteiger partial charge in [0.2, 0.25) is 0 Å². The third-order valence-corrected chi connectivity index (χ3v) is 6.95. The largest absolute Gasteiger partial charge is 0.494 e. The van der Waals surface area contributed by atoms with E-state index in [-0.39, 0.29) is 12.3 Å². The smallest absolute Gasteiger partial charge is 0.330 e. The molecule has 194 valence electrons. The minimum Gasteiger partial charge on any atom is -0.494 e. The topological polar surface area (TPSA) is 47.6 Å². The maximum Gasteiger partial charge on any atom is 0.330 e. The molecule has 0 aromatic heterocycles. The first kappa shape index (κ1) is 27.3. The average molecular weight is 548 g/mol. The van der Waals surface area contributed by atoms with Crippen molar-refractivity contribution in [3.63, 3.8) is 0 Å². The lowest BCUT2D eigenvalue weighted by Gasteiger charge is -2.17. The molecule has 4 rings (SSSR count). The summed E-state index contributed by atoms with van der Waals surface area (Å²) in [5.74, 6) is 0.197. The number of hydrogen-bond donors (Lipinski definition) is 1. The van der Waals surface area contributed by atoms with Gasteiger partial charge in [0.15, 0.2) is 5.82 Å². The maximum atomic E-state index is 15.4. The minimum absolute atomic E-state index is 0.189. The van der Waals surface area contributed by atoms with Crippen molar-refractivity contribution in [2.45, 2.75) is 17.6 Å². The molecular formula is C31H27ClFNO3S. The van der Waals surface area contributed by atoms with Crippen molar-refractivity contribution in [2.24, 2.45) is 0 Å². The standard InChI is InChI=1S/C31H27ClFNO3S/c1-3-37-30(35)15-12-23-17-26(38-20-21-8-5-4-6-9-21)13-14-28(23)34-31-27(33)18-24(19-29(31)36-2)22-10-7-11-25(32)16-22/h4-19,34H,3,20H2,1-2H3. The molecule has 0 aliphatic rings. The Morgan fingerprint density at radius 1 is 1.00 bits per heavy atom. The molecule has 0 spiro atoms. The highest BCUT2D eigenvalue weighted by Crippen LogP contribution is 2.38. The summed E-state index contributed by atoms with van der Waals surface area (Å²) >= 11 is 7.80. The highest BCUT2D eigenvalue weighted by atomic mass is 35.5. The van der Waals surface area contributed by atoms with Gasteiger partial charge in [-0.05, 0) is 77.7 Å². The number of esters is 1. The molecule has 0 aliphatic carbocycles. The van der Waals surface area contributed by atoms with Crippen molar-refractivity contribution >= 4 is 46.8 Å². The Morgan fingerprint density at radius 3 is 2.55 bits per heavy atom. The zero-order valence-corrected chi connectivity index (χ0v) is 22.6. The Bertz CT molecular complexity index is 1440. The van der Waals surface area contributed by atoms with Crippen LogP contribution in [0.25, 0.3) is 17.2 Å². The highest BCUT2D eigenvalue weighted by Gasteiger charge is 2.15. The fraction of sp³-hybridized carbons (Fsp3) is 0.129. The first-order valence-corrected chi connectivity index (χ1v) is 13.4. The second-order valence-corrected chi connectivity index (χ2v) is 9.76. The predicted octanol–water partition coefficient (Wildman–Crippen LogP) is 8.77. The van der Waals surface area contributed by atoms with E-state index in [1.54, 1.807) is 43.0 Å². The highest BCUT2D eigenvalue weighted by molar-refractivity contribution is 7.98. The van der Waals surface area contributed by atoms with E-state index in [4.69, 9.17) is 21.1 Å². The van der Waals surface area contributed by atoms with Crippen LogP contribution in [0.4, 0.5) is 15.8 Å². The number of benzene rings is 4. The molecule has 0 atom stereocenters. The SMILES string of the molecule is CCOC(=O)C=Cc1cc(SCc2ccccc2)ccc1Nc1c(F)cc(-c2cccc(Cl)c2)cc1OC. The summed E-state index contributed by atoms with van der Waals surface area (Å²) in [6.45, 7) is 2.03. The number of ether oxygens (including phenoxy) is 2. The summed E-state index contributed by atoms with van der Waals surface area (Å²) in [7, 11) is 1.49. The second kappa shape index (κ2) is 13.2. The van der Waals surface area contributed by atoms with Crippen molar-refractivity contribution < 1.29 is 18.7 Å². The number of nitrogens with one attached hydrogen (secondary N) is 1. The van der Waals surface area contributed by atoms with E-state index in [1.807, 2.05) is 48.5 Å². The number of halogens is 2. The number of carbonyl (C=O) groups is 1. The van der Waals surface area contributed by atoms with Gasteiger partial charge >= 0.3 is 5.97 Å². The molecule has 0 bridgehead atoms. The van der Waals surface area contributed by atoms with Crippen LogP contribution < -0.4 is 10.1 Å². The number of methoxy groups -OCH3 is 1. The number of carbonyl (C=O) groups excluding carboxylic acids is 1. The van der Waals surface area contributed by atoms with Gasteiger partial charge in [-0.2, -0.15) is 0 Å². The summed E-state index contributed by atoms with van der Waals surface area (Å²) in [6.07, 6.45) is 3.03. The minimum atomic E-state index is -0.484. The van der Waals surface area contributed by atoms with Crippen LogP contribution in [-0.4, -0.2) is 19.7 Å². The number of hydrogen-bond acceptors (Lipinski definition) is 5. The molecular weight excluding hydrogens is 521 g/mol. The Labute approximate surface area is 231 Å². The van der Waals surface area contributed by atoms with E-state index in [0.29, 0.717) is 27.6 Å². The third kappa shape index (κ3) is 7.18. The molecule has 0 unspecified atom stereocenters. The molecule has 4 aromatic rings. The van der Waals surface area contributed by atoms with Gasteiger partial charge in [0.05, 0.1) is 13.7 Å². The van der Waals surface area contributed by atoms with Crippen molar-refractivity contribution in [3.8, 4) is 16.9 Å². The fourth-order valence-electron chi connectivity index (χ4n) is 3.80. The van der Waals surface area contributed by atoms with E-state index in [2.05, 4.69) is 17.4 Å². The van der Waals surface area contributed by atoms with Gasteiger partial charge in [-0.25, -0.2) is 9.18 Å². The molecule has 4 aromatic carbocycles. The maximum absolute atomic E-state index is 15.4. The van der Waals surface area contributed by atoms with Crippen LogP contribution in [0.2, 0.25) is 5.02 Å². The molecule has 1 N–H and O–H groups in total. The van der Waals surface area contributed by atoms with Gasteiger partial charge in [-0.1, -0.05) is 54.1 Å². The van der Waals surface area contributed by atoms with E-state index in [1.165, 1.54) is 24.8 Å². The van der Waals surface area contributed by atoms with Crippen LogP contribution in [-0.2, 0) is 15.3 Å². The summed E-state index contributed by atoms with van der Waals surface area (Å²) in [5, 5.41) is 3.73. The van der Waals surface area contributed by atoms with Crippen molar-refractivity contribution in [1.82, 2.24) is 0 Å². The van der Waals surface area contributed by atoms with Gasteiger partial charge < -0.3 is 14.8 Å². The van der Waals surface area contributed by atoms with E-state index < -0.39 is 11.8 Å². The fourth-order valence-corrected chi connectivity index (χ4v) is 4.90. The average Bonchev–Trinajstić information content (AvgIpc) is 2.93. The number of thioether (sulfide) groups is 1. The molecule has 0 fully saturated rings. The van der Waals surface area contributed by atoms with Crippen molar-refractivity contribution in [2.75, 3.05) is 19.0 Å². The Morgan fingerprint density at radius 2 is 1.82 bits per heavy atom. The monoisotopic (exact) mass is 547 g/mol. The molecule has 38 heavy (non-hydrogen) atoms. The van der Waals surface area contributed by atoms with Gasteiger partial charge in [-0.15, -0.1) is 11.8 Å². The molecule has 7 heteroatoms. The Kier molecular flexibility index (Phi) is 9.46.